The average molecular weight is 619 g/mol. The van der Waals surface area contributed by atoms with E-state index in [4.69, 9.17) is 14.7 Å². The summed E-state index contributed by atoms with van der Waals surface area (Å²) in [5, 5.41) is 14.5. The van der Waals surface area contributed by atoms with Crippen LogP contribution in [0.15, 0.2) is 62.4 Å². The molecule has 0 saturated heterocycles. The van der Waals surface area contributed by atoms with Crippen molar-refractivity contribution in [3.05, 3.63) is 64.5 Å². The highest BCUT2D eigenvalue weighted by Crippen LogP contribution is 2.37. The lowest BCUT2D eigenvalue weighted by molar-refractivity contribution is -0.137. The number of carbonyl (C=O) groups is 1. The lowest BCUT2D eigenvalue weighted by Crippen LogP contribution is -2.19. The van der Waals surface area contributed by atoms with Crippen LogP contribution in [-0.4, -0.2) is 48.7 Å². The second kappa shape index (κ2) is 11.5. The van der Waals surface area contributed by atoms with Gasteiger partial charge in [-0.25, -0.2) is 13.2 Å². The van der Waals surface area contributed by atoms with Gasteiger partial charge in [-0.15, -0.1) is 11.8 Å². The molecule has 0 fully saturated rings. The molecule has 0 spiro atoms. The smallest absolute Gasteiger partial charge is 0.418 e. The maximum Gasteiger partial charge on any atom is 0.418 e. The molecule has 2 N–H and O–H groups in total. The fourth-order valence-corrected chi connectivity index (χ4v) is 4.21. The molecular formula is C22H18BrF3N4O5S2. The van der Waals surface area contributed by atoms with Crippen molar-refractivity contribution in [3.63, 3.8) is 0 Å². The van der Waals surface area contributed by atoms with Gasteiger partial charge in [-0.1, -0.05) is 29.4 Å². The van der Waals surface area contributed by atoms with E-state index in [-0.39, 0.29) is 38.3 Å². The summed E-state index contributed by atoms with van der Waals surface area (Å²) >= 11 is 4.25. The van der Waals surface area contributed by atoms with Gasteiger partial charge in [0, 0.05) is 11.8 Å². The molecule has 2 aromatic carbocycles. The third-order valence-electron chi connectivity index (χ3n) is 4.60. The summed E-state index contributed by atoms with van der Waals surface area (Å²) in [5.41, 5.74) is -2.23. The molecule has 1 aromatic heterocycles. The van der Waals surface area contributed by atoms with Crippen molar-refractivity contribution in [2.45, 2.75) is 11.1 Å². The second-order valence-corrected chi connectivity index (χ2v) is 10.9. The Morgan fingerprint density at radius 3 is 2.57 bits per heavy atom. The zero-order chi connectivity index (χ0) is 27.4. The van der Waals surface area contributed by atoms with Gasteiger partial charge in [-0.3, -0.25) is 5.41 Å². The number of alkyl halides is 3. The highest BCUT2D eigenvalue weighted by atomic mass is 79.9. The van der Waals surface area contributed by atoms with Gasteiger partial charge in [-0.2, -0.15) is 18.2 Å². The first-order valence-corrected chi connectivity index (χ1v) is 14.1. The van der Waals surface area contributed by atoms with Crippen molar-refractivity contribution in [3.8, 4) is 11.4 Å². The van der Waals surface area contributed by atoms with Crippen molar-refractivity contribution >= 4 is 60.6 Å². The van der Waals surface area contributed by atoms with Crippen LogP contribution in [0.2, 0.25) is 0 Å². The number of rotatable bonds is 9. The first-order valence-electron chi connectivity index (χ1n) is 10.1. The molecule has 37 heavy (non-hydrogen) atoms. The number of benzene rings is 2. The quantitative estimate of drug-likeness (QED) is 0.188. The van der Waals surface area contributed by atoms with Gasteiger partial charge in [0.2, 0.25) is 5.82 Å². The Kier molecular flexibility index (Phi) is 8.81. The zero-order valence-corrected chi connectivity index (χ0v) is 22.3. The van der Waals surface area contributed by atoms with Crippen LogP contribution >= 0.6 is 27.7 Å². The lowest BCUT2D eigenvalue weighted by atomic mass is 10.1. The summed E-state index contributed by atoms with van der Waals surface area (Å²) in [6.07, 6.45) is -2.03. The van der Waals surface area contributed by atoms with Crippen LogP contribution in [-0.2, 0) is 25.5 Å². The molecule has 3 rings (SSSR count). The van der Waals surface area contributed by atoms with E-state index in [0.717, 1.165) is 18.4 Å². The topological polar surface area (TPSA) is 135 Å². The van der Waals surface area contributed by atoms with E-state index in [1.807, 2.05) is 0 Å². The first kappa shape index (κ1) is 28.4. The third kappa shape index (κ3) is 6.99. The summed E-state index contributed by atoms with van der Waals surface area (Å²) in [4.78, 5) is 16.4. The van der Waals surface area contributed by atoms with Gasteiger partial charge in [0.25, 0.3) is 5.89 Å². The number of aromatic nitrogens is 2. The molecule has 0 saturated carbocycles. The van der Waals surface area contributed by atoms with E-state index in [2.05, 4.69) is 31.4 Å². The number of carbonyl (C=O) groups excluding carboxylic acids is 1. The maximum absolute atomic E-state index is 13.6. The van der Waals surface area contributed by atoms with Gasteiger partial charge >= 0.3 is 12.1 Å². The van der Waals surface area contributed by atoms with Gasteiger partial charge in [0.05, 0.1) is 20.6 Å². The number of anilines is 1. The Morgan fingerprint density at radius 2 is 1.92 bits per heavy atom. The molecule has 15 heteroatoms. The number of halogens is 4. The van der Waals surface area contributed by atoms with E-state index in [1.54, 1.807) is 6.26 Å². The molecular weight excluding hydrogens is 601 g/mol. The SMILES string of the molecule is CSCOC(=O)C(=N)/C(Br)=C(\Nc1ccccc1C(F)(F)F)c1nc(-c2cccc(S(C)(=O)=O)c2)no1. The van der Waals surface area contributed by atoms with Crippen LogP contribution in [0, 0.1) is 5.41 Å². The average Bonchev–Trinajstić information content (AvgIpc) is 3.34. The summed E-state index contributed by atoms with van der Waals surface area (Å²) in [6, 6.07) is 10.2. The molecule has 196 valence electrons. The van der Waals surface area contributed by atoms with Gasteiger partial charge < -0.3 is 14.6 Å². The lowest BCUT2D eigenvalue weighted by Gasteiger charge is -2.16. The predicted molar refractivity (Wildman–Crippen MR) is 136 cm³/mol. The summed E-state index contributed by atoms with van der Waals surface area (Å²) < 4.78 is 74.4. The van der Waals surface area contributed by atoms with Crippen LogP contribution in [0.1, 0.15) is 11.5 Å². The molecule has 9 nitrogen and oxygen atoms in total. The Morgan fingerprint density at radius 1 is 1.22 bits per heavy atom. The number of thioether (sulfide) groups is 1. The molecule has 0 unspecified atom stereocenters. The number of sulfone groups is 1. The predicted octanol–water partition coefficient (Wildman–Crippen LogP) is 5.22. The third-order valence-corrected chi connectivity index (χ3v) is 6.86. The molecule has 0 aliphatic heterocycles. The summed E-state index contributed by atoms with van der Waals surface area (Å²) in [5.74, 6) is -1.57. The fraction of sp³-hybridized carbons (Fsp3) is 0.182. The zero-order valence-electron chi connectivity index (χ0n) is 19.1. The van der Waals surface area contributed by atoms with Crippen LogP contribution in [0.5, 0.6) is 0 Å². The highest BCUT2D eigenvalue weighted by Gasteiger charge is 2.34. The molecule has 0 aliphatic carbocycles. The molecule has 3 aromatic rings. The second-order valence-electron chi connectivity index (χ2n) is 7.29. The Balaban J connectivity index is 2.12. The van der Waals surface area contributed by atoms with E-state index < -0.39 is 38.9 Å². The van der Waals surface area contributed by atoms with E-state index >= 15 is 0 Å². The van der Waals surface area contributed by atoms with Crippen molar-refractivity contribution < 1.29 is 35.6 Å². The summed E-state index contributed by atoms with van der Waals surface area (Å²) in [6.45, 7) is 0. The normalized spacial score (nSPS) is 12.6. The summed E-state index contributed by atoms with van der Waals surface area (Å²) in [7, 11) is -3.55. The number of para-hydroxylation sites is 1. The maximum atomic E-state index is 13.6. The van der Waals surface area contributed by atoms with Crippen LogP contribution in [0.25, 0.3) is 17.1 Å². The van der Waals surface area contributed by atoms with Crippen LogP contribution in [0.3, 0.4) is 0 Å². The highest BCUT2D eigenvalue weighted by molar-refractivity contribution is 9.12. The molecule has 0 radical (unpaired) electrons. The Bertz CT molecular complexity index is 1470. The van der Waals surface area contributed by atoms with E-state index in [9.17, 15) is 26.4 Å². The van der Waals surface area contributed by atoms with Gasteiger partial charge in [-0.05, 0) is 46.5 Å². The Hall–Kier alpha value is -3.17. The number of hydrogen-bond donors (Lipinski definition) is 2. The number of ether oxygens (including phenoxy) is 1. The number of hydrogen-bond acceptors (Lipinski definition) is 10. The van der Waals surface area contributed by atoms with Gasteiger partial charge in [0.15, 0.2) is 15.5 Å². The minimum absolute atomic E-state index is 0.0103. The molecule has 0 bridgehead atoms. The monoisotopic (exact) mass is 618 g/mol. The molecule has 0 amide bonds. The largest absolute Gasteiger partial charge is 0.450 e. The van der Waals surface area contributed by atoms with Crippen molar-refractivity contribution in [2.75, 3.05) is 23.8 Å². The number of nitrogens with zero attached hydrogens (tertiary/aromatic N) is 2. The van der Waals surface area contributed by atoms with E-state index in [1.165, 1.54) is 48.2 Å². The minimum Gasteiger partial charge on any atom is -0.450 e. The van der Waals surface area contributed by atoms with Gasteiger partial charge in [0.1, 0.15) is 11.6 Å². The van der Waals surface area contributed by atoms with E-state index in [0.29, 0.717) is 0 Å². The van der Waals surface area contributed by atoms with Crippen molar-refractivity contribution in [2.24, 2.45) is 0 Å². The fourth-order valence-electron chi connectivity index (χ4n) is 2.88. The first-order chi connectivity index (χ1) is 17.3. The molecule has 0 aliphatic rings. The van der Waals surface area contributed by atoms with Crippen molar-refractivity contribution in [1.82, 2.24) is 10.1 Å². The molecule has 1 heterocycles. The van der Waals surface area contributed by atoms with Crippen LogP contribution < -0.4 is 5.32 Å². The minimum atomic E-state index is -4.72. The Labute approximate surface area is 222 Å². The number of esters is 1. The number of nitrogens with one attached hydrogen (secondary N) is 2. The van der Waals surface area contributed by atoms with Crippen molar-refractivity contribution in [1.29, 1.82) is 5.41 Å². The van der Waals surface area contributed by atoms with Crippen LogP contribution in [0.4, 0.5) is 18.9 Å². The standard InChI is InChI=1S/C22H18BrF3N4O5S2/c1-36-11-34-21(31)17(27)16(23)18(28-15-9-4-3-8-14(15)22(24,25)26)20-29-19(30-35-20)12-6-5-7-13(10-12)37(2,32)33/h3-10,27-28H,11H2,1-2H3/b18-16+,27-17?. The molecule has 0 atom stereocenters.